The summed E-state index contributed by atoms with van der Waals surface area (Å²) in [5.41, 5.74) is 0.765. The van der Waals surface area contributed by atoms with Crippen LogP contribution in [0, 0.1) is 24.7 Å². The molecule has 0 aromatic carbocycles. The Labute approximate surface area is 160 Å². The summed E-state index contributed by atoms with van der Waals surface area (Å²) >= 11 is 1.20. The largest absolute Gasteiger partial charge is 0.481 e. The Balaban J connectivity index is 1.48. The lowest BCUT2D eigenvalue weighted by molar-refractivity contribution is -0.142. The molecule has 142 valence electrons. The van der Waals surface area contributed by atoms with E-state index in [-0.39, 0.29) is 30.0 Å². The zero-order valence-electron chi connectivity index (χ0n) is 14.8. The van der Waals surface area contributed by atoms with Gasteiger partial charge in [-0.3, -0.25) is 14.4 Å². The fraction of sp³-hybridized carbons (Fsp3) is 0.421. The number of carbonyl (C=O) groups excluding carboxylic acids is 2. The average molecular weight is 388 g/mol. The molecule has 1 aliphatic carbocycles. The van der Waals surface area contributed by atoms with E-state index in [1.54, 1.807) is 23.1 Å². The third-order valence-corrected chi connectivity index (χ3v) is 6.43. The minimum atomic E-state index is -0.823. The van der Waals surface area contributed by atoms with Crippen molar-refractivity contribution in [3.8, 4) is 0 Å². The highest BCUT2D eigenvalue weighted by atomic mass is 32.1. The third-order valence-electron chi connectivity index (χ3n) is 5.29. The molecule has 0 unspecified atom stereocenters. The lowest BCUT2D eigenvalue weighted by Crippen LogP contribution is -2.29. The van der Waals surface area contributed by atoms with Gasteiger partial charge >= 0.3 is 5.97 Å². The van der Waals surface area contributed by atoms with Crippen LogP contribution in [0.2, 0.25) is 0 Å². The van der Waals surface area contributed by atoms with Gasteiger partial charge in [0.05, 0.1) is 22.1 Å². The first-order valence-corrected chi connectivity index (χ1v) is 9.73. The van der Waals surface area contributed by atoms with Crippen molar-refractivity contribution in [3.63, 3.8) is 0 Å². The number of likely N-dealkylation sites (tertiary alicyclic amines) is 1. The summed E-state index contributed by atoms with van der Waals surface area (Å²) in [5, 5.41) is 12.8. The Bertz CT molecular complexity index is 884. The van der Waals surface area contributed by atoms with E-state index >= 15 is 0 Å². The Hall–Kier alpha value is -2.61. The van der Waals surface area contributed by atoms with Gasteiger partial charge in [0.15, 0.2) is 5.76 Å². The van der Waals surface area contributed by atoms with Gasteiger partial charge in [-0.1, -0.05) is 0 Å². The maximum Gasteiger partial charge on any atom is 0.308 e. The molecule has 3 heterocycles. The number of amides is 2. The van der Waals surface area contributed by atoms with Gasteiger partial charge in [-0.25, -0.2) is 0 Å². The van der Waals surface area contributed by atoms with Gasteiger partial charge in [0.25, 0.3) is 11.8 Å². The second-order valence-electron chi connectivity index (χ2n) is 7.21. The number of anilines is 1. The molecule has 0 bridgehead atoms. The molecule has 2 atom stereocenters. The summed E-state index contributed by atoms with van der Waals surface area (Å²) in [7, 11) is 0. The van der Waals surface area contributed by atoms with Gasteiger partial charge in [0.2, 0.25) is 0 Å². The Morgan fingerprint density at radius 1 is 1.30 bits per heavy atom. The summed E-state index contributed by atoms with van der Waals surface area (Å²) in [6, 6.07) is 4.95. The van der Waals surface area contributed by atoms with Crippen LogP contribution in [-0.4, -0.2) is 40.9 Å². The minimum Gasteiger partial charge on any atom is -0.481 e. The molecule has 7 nitrogen and oxygen atoms in total. The predicted octanol–water partition coefficient (Wildman–Crippen LogP) is 3.08. The molecule has 27 heavy (non-hydrogen) atoms. The van der Waals surface area contributed by atoms with Crippen LogP contribution in [0.4, 0.5) is 5.00 Å². The summed E-state index contributed by atoms with van der Waals surface area (Å²) < 4.78 is 5.07. The summed E-state index contributed by atoms with van der Waals surface area (Å²) in [4.78, 5) is 38.8. The number of rotatable bonds is 5. The lowest BCUT2D eigenvalue weighted by Gasteiger charge is -2.15. The predicted molar refractivity (Wildman–Crippen MR) is 99.0 cm³/mol. The first kappa shape index (κ1) is 17.8. The zero-order chi connectivity index (χ0) is 19.1. The van der Waals surface area contributed by atoms with Crippen LogP contribution in [0.25, 0.3) is 0 Å². The van der Waals surface area contributed by atoms with Crippen molar-refractivity contribution in [1.29, 1.82) is 0 Å². The molecule has 1 saturated heterocycles. The molecule has 1 aliphatic heterocycles. The number of carboxylic acids is 1. The smallest absolute Gasteiger partial charge is 0.308 e. The first-order chi connectivity index (χ1) is 12.9. The van der Waals surface area contributed by atoms with E-state index in [9.17, 15) is 19.5 Å². The van der Waals surface area contributed by atoms with E-state index in [0.717, 1.165) is 18.4 Å². The number of carboxylic acid groups (broad SMARTS) is 1. The monoisotopic (exact) mass is 388 g/mol. The number of aryl methyl sites for hydroxylation is 1. The first-order valence-electron chi connectivity index (χ1n) is 8.91. The SMILES string of the molecule is Cc1cc(NC(=O)c2ccco2)sc1C(=O)N1C[C@H](C(=O)O)[C@@H](C2CC2)C1. The van der Waals surface area contributed by atoms with Crippen LogP contribution in [-0.2, 0) is 4.79 Å². The number of nitrogens with one attached hydrogen (secondary N) is 1. The normalized spacial score (nSPS) is 22.0. The average Bonchev–Trinajstić information content (AvgIpc) is 3.04. The van der Waals surface area contributed by atoms with Crippen LogP contribution in [0.3, 0.4) is 0 Å². The second kappa shape index (κ2) is 6.84. The molecular formula is C19H20N2O5S. The Kier molecular flexibility index (Phi) is 4.51. The summed E-state index contributed by atoms with van der Waals surface area (Å²) in [6.45, 7) is 2.56. The van der Waals surface area contributed by atoms with Gasteiger partial charge in [-0.05, 0) is 55.4 Å². The molecule has 8 heteroatoms. The summed E-state index contributed by atoms with van der Waals surface area (Å²) in [6.07, 6.45) is 3.53. The minimum absolute atomic E-state index is 0.0462. The van der Waals surface area contributed by atoms with E-state index in [1.165, 1.54) is 17.6 Å². The van der Waals surface area contributed by atoms with Crippen LogP contribution >= 0.6 is 11.3 Å². The van der Waals surface area contributed by atoms with Crippen molar-refractivity contribution >= 4 is 34.1 Å². The molecule has 2 fully saturated rings. The Morgan fingerprint density at radius 2 is 2.07 bits per heavy atom. The van der Waals surface area contributed by atoms with Crippen molar-refractivity contribution in [3.05, 3.63) is 40.7 Å². The van der Waals surface area contributed by atoms with E-state index in [4.69, 9.17) is 4.42 Å². The number of thiophene rings is 1. The van der Waals surface area contributed by atoms with Gasteiger partial charge in [-0.2, -0.15) is 0 Å². The standard InChI is InChI=1S/C19H20N2O5S/c1-10-7-15(20-17(22)14-3-2-6-26-14)27-16(10)18(23)21-8-12(11-4-5-11)13(9-21)19(24)25/h2-3,6-7,11-13H,4-5,8-9H2,1H3,(H,20,22)(H,24,25)/t12-,13+/m1/s1. The fourth-order valence-corrected chi connectivity index (χ4v) is 4.77. The number of nitrogens with zero attached hydrogens (tertiary/aromatic N) is 1. The maximum atomic E-state index is 13.0. The van der Waals surface area contributed by atoms with Crippen molar-refractivity contribution in [1.82, 2.24) is 4.90 Å². The molecule has 0 radical (unpaired) electrons. The quantitative estimate of drug-likeness (QED) is 0.820. The summed E-state index contributed by atoms with van der Waals surface area (Å²) in [5.74, 6) is -1.17. The molecule has 2 amide bonds. The maximum absolute atomic E-state index is 13.0. The van der Waals surface area contributed by atoms with Crippen molar-refractivity contribution in [2.75, 3.05) is 18.4 Å². The van der Waals surface area contributed by atoms with Crippen molar-refractivity contribution in [2.45, 2.75) is 19.8 Å². The van der Waals surface area contributed by atoms with E-state index in [1.807, 2.05) is 6.92 Å². The number of hydrogen-bond acceptors (Lipinski definition) is 5. The molecule has 2 aromatic rings. The van der Waals surface area contributed by atoms with Crippen LogP contribution in [0.5, 0.6) is 0 Å². The third kappa shape index (κ3) is 3.49. The molecule has 2 aliphatic rings. The van der Waals surface area contributed by atoms with Gasteiger partial charge in [0.1, 0.15) is 0 Å². The van der Waals surface area contributed by atoms with Crippen LogP contribution in [0.1, 0.15) is 38.6 Å². The number of carbonyl (C=O) groups is 3. The molecular weight excluding hydrogens is 368 g/mol. The molecule has 1 saturated carbocycles. The molecule has 4 rings (SSSR count). The van der Waals surface area contributed by atoms with E-state index in [0.29, 0.717) is 22.3 Å². The highest BCUT2D eigenvalue weighted by Gasteiger charge is 2.47. The van der Waals surface area contributed by atoms with Crippen LogP contribution in [0.15, 0.2) is 28.9 Å². The lowest BCUT2D eigenvalue weighted by atomic mass is 9.92. The number of aliphatic carboxylic acids is 1. The topological polar surface area (TPSA) is 99.9 Å². The number of furan rings is 1. The van der Waals surface area contributed by atoms with Crippen LogP contribution < -0.4 is 5.32 Å². The zero-order valence-corrected chi connectivity index (χ0v) is 15.6. The van der Waals surface area contributed by atoms with Gasteiger partial charge in [-0.15, -0.1) is 11.3 Å². The highest BCUT2D eigenvalue weighted by molar-refractivity contribution is 7.18. The van der Waals surface area contributed by atoms with Gasteiger partial charge in [0, 0.05) is 13.1 Å². The van der Waals surface area contributed by atoms with Gasteiger partial charge < -0.3 is 19.7 Å². The van der Waals surface area contributed by atoms with E-state index < -0.39 is 11.9 Å². The highest BCUT2D eigenvalue weighted by Crippen LogP contribution is 2.44. The molecule has 2 aromatic heterocycles. The van der Waals surface area contributed by atoms with E-state index in [2.05, 4.69) is 5.32 Å². The Morgan fingerprint density at radius 3 is 2.70 bits per heavy atom. The fourth-order valence-electron chi connectivity index (χ4n) is 3.74. The number of hydrogen-bond donors (Lipinski definition) is 2. The van der Waals surface area contributed by atoms with Crippen molar-refractivity contribution in [2.24, 2.45) is 17.8 Å². The molecule has 0 spiro atoms. The van der Waals surface area contributed by atoms with Crippen molar-refractivity contribution < 1.29 is 23.9 Å². The molecule has 2 N–H and O–H groups in total. The second-order valence-corrected chi connectivity index (χ2v) is 8.26.